The van der Waals surface area contributed by atoms with Gasteiger partial charge in [-0.3, -0.25) is 0 Å². The first-order chi connectivity index (χ1) is 10.1. The quantitative estimate of drug-likeness (QED) is 0.498. The fourth-order valence-corrected chi connectivity index (χ4v) is 4.52. The van der Waals surface area contributed by atoms with Gasteiger partial charge in [-0.05, 0) is 30.0 Å². The highest BCUT2D eigenvalue weighted by atomic mass is 32.2. The molecule has 0 amide bonds. The summed E-state index contributed by atoms with van der Waals surface area (Å²) in [7, 11) is -1.92. The van der Waals surface area contributed by atoms with E-state index in [0.717, 1.165) is 18.5 Å². The fraction of sp³-hybridized carbons (Fsp3) is 0.571. The average Bonchev–Trinajstić information content (AvgIpc) is 2.93. The van der Waals surface area contributed by atoms with Crippen LogP contribution in [0.5, 0.6) is 0 Å². The first-order valence-electron chi connectivity index (χ1n) is 6.94. The van der Waals surface area contributed by atoms with E-state index in [4.69, 9.17) is 4.74 Å². The van der Waals surface area contributed by atoms with E-state index in [-0.39, 0.29) is 6.54 Å². The number of rotatable bonds is 11. The van der Waals surface area contributed by atoms with Gasteiger partial charge in [0, 0.05) is 26.7 Å². The smallest absolute Gasteiger partial charge is 0.252 e. The molecule has 0 spiro atoms. The Balaban J connectivity index is 2.81. The van der Waals surface area contributed by atoms with Gasteiger partial charge >= 0.3 is 0 Å². The van der Waals surface area contributed by atoms with Crippen LogP contribution in [-0.4, -0.2) is 46.1 Å². The average molecular weight is 332 g/mol. The minimum absolute atomic E-state index is 0.285. The summed E-state index contributed by atoms with van der Waals surface area (Å²) in [5.41, 5.74) is 0.998. The summed E-state index contributed by atoms with van der Waals surface area (Å²) in [5.74, 6) is 0. The Morgan fingerprint density at radius 2 is 2.29 bits per heavy atom. The predicted octanol–water partition coefficient (Wildman–Crippen LogP) is 2.07. The molecule has 0 saturated carbocycles. The van der Waals surface area contributed by atoms with Gasteiger partial charge in [0.1, 0.15) is 4.21 Å². The summed E-state index contributed by atoms with van der Waals surface area (Å²) in [5, 5.41) is 5.15. The highest BCUT2D eigenvalue weighted by Gasteiger charge is 2.24. The van der Waals surface area contributed by atoms with E-state index in [1.165, 1.54) is 15.6 Å². The number of nitrogens with zero attached hydrogens (tertiary/aromatic N) is 1. The van der Waals surface area contributed by atoms with Crippen molar-refractivity contribution in [2.45, 2.75) is 24.1 Å². The molecule has 0 aliphatic heterocycles. The summed E-state index contributed by atoms with van der Waals surface area (Å²) in [6.45, 7) is 8.31. The molecule has 0 atom stereocenters. The number of methoxy groups -OCH3 is 1. The van der Waals surface area contributed by atoms with Crippen LogP contribution in [0.1, 0.15) is 18.9 Å². The van der Waals surface area contributed by atoms with Crippen LogP contribution in [0.25, 0.3) is 0 Å². The zero-order valence-corrected chi connectivity index (χ0v) is 14.3. The Kier molecular flexibility index (Phi) is 8.13. The second-order valence-electron chi connectivity index (χ2n) is 4.60. The van der Waals surface area contributed by atoms with E-state index in [0.29, 0.717) is 23.9 Å². The van der Waals surface area contributed by atoms with Gasteiger partial charge in [-0.1, -0.05) is 13.0 Å². The standard InChI is InChI=1S/C14H24N2O3S2/c1-4-6-15-11-13-10-14(20-12-13)21(17,18)16(7-5-2)8-9-19-3/h5,10,12,15H,2,4,6-9,11H2,1,3H3. The second kappa shape index (κ2) is 9.32. The molecule has 1 N–H and O–H groups in total. The molecule has 5 nitrogen and oxygen atoms in total. The van der Waals surface area contributed by atoms with Crippen LogP contribution in [0.2, 0.25) is 0 Å². The third-order valence-electron chi connectivity index (χ3n) is 2.86. The summed E-state index contributed by atoms with van der Waals surface area (Å²) in [4.78, 5) is 0. The number of ether oxygens (including phenoxy) is 1. The number of hydrogen-bond donors (Lipinski definition) is 1. The van der Waals surface area contributed by atoms with E-state index >= 15 is 0 Å². The van der Waals surface area contributed by atoms with Crippen LogP contribution in [-0.2, 0) is 21.3 Å². The molecule has 0 aromatic carbocycles. The number of thiophene rings is 1. The Morgan fingerprint density at radius 3 is 2.90 bits per heavy atom. The summed E-state index contributed by atoms with van der Waals surface area (Å²) < 4.78 is 31.9. The van der Waals surface area contributed by atoms with Crippen molar-refractivity contribution in [3.8, 4) is 0 Å². The van der Waals surface area contributed by atoms with E-state index in [2.05, 4.69) is 18.8 Å². The normalized spacial score (nSPS) is 12.0. The number of hydrogen-bond acceptors (Lipinski definition) is 5. The second-order valence-corrected chi connectivity index (χ2v) is 7.67. The Hall–Kier alpha value is -0.730. The van der Waals surface area contributed by atoms with Gasteiger partial charge in [0.2, 0.25) is 0 Å². The highest BCUT2D eigenvalue weighted by molar-refractivity contribution is 7.91. The minimum atomic E-state index is -3.47. The van der Waals surface area contributed by atoms with Crippen LogP contribution < -0.4 is 5.32 Å². The van der Waals surface area contributed by atoms with Crippen molar-refractivity contribution in [2.24, 2.45) is 0 Å². The van der Waals surface area contributed by atoms with Gasteiger partial charge in [-0.2, -0.15) is 4.31 Å². The van der Waals surface area contributed by atoms with E-state index in [1.54, 1.807) is 19.3 Å². The molecule has 1 aromatic heterocycles. The van der Waals surface area contributed by atoms with E-state index in [1.807, 2.05) is 5.38 Å². The Bertz CT molecular complexity index is 526. The molecule has 0 aliphatic carbocycles. The van der Waals surface area contributed by atoms with Crippen LogP contribution in [0.15, 0.2) is 28.3 Å². The zero-order valence-electron chi connectivity index (χ0n) is 12.7. The Labute approximate surface area is 131 Å². The van der Waals surface area contributed by atoms with Crippen LogP contribution in [0, 0.1) is 0 Å². The van der Waals surface area contributed by atoms with E-state index in [9.17, 15) is 8.42 Å². The topological polar surface area (TPSA) is 58.6 Å². The first-order valence-corrected chi connectivity index (χ1v) is 9.26. The van der Waals surface area contributed by atoms with Crippen molar-refractivity contribution in [1.82, 2.24) is 9.62 Å². The van der Waals surface area contributed by atoms with Gasteiger partial charge in [0.25, 0.3) is 10.0 Å². The molecule has 0 unspecified atom stereocenters. The third kappa shape index (κ3) is 5.52. The molecule has 7 heteroatoms. The van der Waals surface area contributed by atoms with Crippen LogP contribution in [0.3, 0.4) is 0 Å². The monoisotopic (exact) mass is 332 g/mol. The molecule has 1 rings (SSSR count). The van der Waals surface area contributed by atoms with E-state index < -0.39 is 10.0 Å². The lowest BCUT2D eigenvalue weighted by Crippen LogP contribution is -2.33. The molecule has 0 fully saturated rings. The predicted molar refractivity (Wildman–Crippen MR) is 87.1 cm³/mol. The van der Waals surface area contributed by atoms with Gasteiger partial charge < -0.3 is 10.1 Å². The van der Waals surface area contributed by atoms with Gasteiger partial charge in [0.05, 0.1) is 6.61 Å². The maximum absolute atomic E-state index is 12.6. The molecule has 21 heavy (non-hydrogen) atoms. The molecule has 120 valence electrons. The molecular formula is C14H24N2O3S2. The van der Waals surface area contributed by atoms with Crippen molar-refractivity contribution in [3.63, 3.8) is 0 Å². The SMILES string of the molecule is C=CCN(CCOC)S(=O)(=O)c1cc(CNCCC)cs1. The molecule has 0 bridgehead atoms. The molecule has 1 heterocycles. The fourth-order valence-electron chi connectivity index (χ4n) is 1.76. The van der Waals surface area contributed by atoms with Gasteiger partial charge in [-0.15, -0.1) is 17.9 Å². The van der Waals surface area contributed by atoms with Crippen molar-refractivity contribution >= 4 is 21.4 Å². The maximum atomic E-state index is 12.6. The molecule has 0 saturated heterocycles. The van der Waals surface area contributed by atoms with Crippen LogP contribution >= 0.6 is 11.3 Å². The number of sulfonamides is 1. The van der Waals surface area contributed by atoms with Crippen molar-refractivity contribution in [2.75, 3.05) is 33.4 Å². The molecule has 1 aromatic rings. The van der Waals surface area contributed by atoms with Crippen LogP contribution in [0.4, 0.5) is 0 Å². The summed E-state index contributed by atoms with van der Waals surface area (Å²) in [6, 6.07) is 1.74. The van der Waals surface area contributed by atoms with Gasteiger partial charge in [0.15, 0.2) is 0 Å². The lowest BCUT2D eigenvalue weighted by molar-refractivity contribution is 0.182. The molecule has 0 radical (unpaired) electrons. The highest BCUT2D eigenvalue weighted by Crippen LogP contribution is 2.24. The molecule has 0 aliphatic rings. The minimum Gasteiger partial charge on any atom is -0.383 e. The van der Waals surface area contributed by atoms with Crippen molar-refractivity contribution in [3.05, 3.63) is 29.7 Å². The lowest BCUT2D eigenvalue weighted by Gasteiger charge is -2.19. The summed E-state index contributed by atoms with van der Waals surface area (Å²) in [6.07, 6.45) is 2.64. The van der Waals surface area contributed by atoms with Crippen molar-refractivity contribution in [1.29, 1.82) is 0 Å². The zero-order chi connectivity index (χ0) is 15.7. The lowest BCUT2D eigenvalue weighted by atomic mass is 10.3. The largest absolute Gasteiger partial charge is 0.383 e. The molecular weight excluding hydrogens is 308 g/mol. The van der Waals surface area contributed by atoms with Gasteiger partial charge in [-0.25, -0.2) is 8.42 Å². The number of nitrogens with one attached hydrogen (secondary N) is 1. The Morgan fingerprint density at radius 1 is 1.52 bits per heavy atom. The maximum Gasteiger partial charge on any atom is 0.252 e. The van der Waals surface area contributed by atoms with Crippen molar-refractivity contribution < 1.29 is 13.2 Å². The first kappa shape index (κ1) is 18.3. The summed E-state index contributed by atoms with van der Waals surface area (Å²) >= 11 is 1.26. The third-order valence-corrected chi connectivity index (χ3v) is 6.19.